The van der Waals surface area contributed by atoms with Crippen molar-refractivity contribution in [2.75, 3.05) is 10.6 Å². The minimum absolute atomic E-state index is 0.0152. The average Bonchev–Trinajstić information content (AvgIpc) is 2.22. The number of carbonyl (C=O) groups excluding carboxylic acids is 2. The molecule has 6 heteroatoms. The van der Waals surface area contributed by atoms with E-state index >= 15 is 0 Å². The highest BCUT2D eigenvalue weighted by atomic mass is 19.1. The van der Waals surface area contributed by atoms with Crippen molar-refractivity contribution < 1.29 is 14.0 Å². The molecule has 1 rings (SSSR count). The molecule has 0 aromatic heterocycles. The van der Waals surface area contributed by atoms with Gasteiger partial charge in [-0.2, -0.15) is 0 Å². The molecule has 0 aliphatic carbocycles. The van der Waals surface area contributed by atoms with Crippen molar-refractivity contribution in [3.8, 4) is 0 Å². The summed E-state index contributed by atoms with van der Waals surface area (Å²) in [6.07, 6.45) is 0. The first-order chi connectivity index (χ1) is 7.90. The molecule has 1 aromatic rings. The Hall–Kier alpha value is -1.95. The Morgan fingerprint density at radius 3 is 2.53 bits per heavy atom. The zero-order chi connectivity index (χ0) is 13.0. The lowest BCUT2D eigenvalue weighted by Crippen LogP contribution is -2.32. The summed E-state index contributed by atoms with van der Waals surface area (Å²) < 4.78 is 13.4. The molecule has 0 saturated heterocycles. The van der Waals surface area contributed by atoms with Gasteiger partial charge in [0.1, 0.15) is 5.82 Å². The standard InChI is InChI=1S/C11H14FN3O2/c1-6(13)11(17)15-10-5-8(14-7(2)16)3-4-9(10)12/h3-6H,13H2,1-2H3,(H,14,16)(H,15,17)/t6-/m1/s1. The maximum absolute atomic E-state index is 13.4. The molecule has 0 radical (unpaired) electrons. The zero-order valence-corrected chi connectivity index (χ0v) is 9.58. The van der Waals surface area contributed by atoms with E-state index in [0.29, 0.717) is 5.69 Å². The molecule has 92 valence electrons. The van der Waals surface area contributed by atoms with E-state index in [1.807, 2.05) is 0 Å². The number of nitrogens with two attached hydrogens (primary N) is 1. The smallest absolute Gasteiger partial charge is 0.241 e. The second kappa shape index (κ2) is 5.40. The third-order valence-corrected chi connectivity index (χ3v) is 1.96. The maximum Gasteiger partial charge on any atom is 0.241 e. The summed E-state index contributed by atoms with van der Waals surface area (Å²) in [5.74, 6) is -1.36. The topological polar surface area (TPSA) is 84.2 Å². The molecule has 0 unspecified atom stereocenters. The third-order valence-electron chi connectivity index (χ3n) is 1.96. The molecule has 17 heavy (non-hydrogen) atoms. The van der Waals surface area contributed by atoms with Crippen LogP contribution in [0.1, 0.15) is 13.8 Å². The van der Waals surface area contributed by atoms with Crippen molar-refractivity contribution in [3.05, 3.63) is 24.0 Å². The van der Waals surface area contributed by atoms with Crippen LogP contribution in [0.25, 0.3) is 0 Å². The van der Waals surface area contributed by atoms with Crippen molar-refractivity contribution in [1.82, 2.24) is 0 Å². The minimum Gasteiger partial charge on any atom is -0.326 e. The van der Waals surface area contributed by atoms with Crippen LogP contribution in [0.3, 0.4) is 0 Å². The van der Waals surface area contributed by atoms with E-state index in [0.717, 1.165) is 6.07 Å². The first kappa shape index (κ1) is 13.1. The predicted molar refractivity (Wildman–Crippen MR) is 63.0 cm³/mol. The Labute approximate surface area is 98.2 Å². The van der Waals surface area contributed by atoms with Crippen LogP contribution in [0.2, 0.25) is 0 Å². The lowest BCUT2D eigenvalue weighted by molar-refractivity contribution is -0.117. The largest absolute Gasteiger partial charge is 0.326 e. The molecular weight excluding hydrogens is 225 g/mol. The van der Waals surface area contributed by atoms with Gasteiger partial charge in [0.15, 0.2) is 0 Å². The summed E-state index contributed by atoms with van der Waals surface area (Å²) >= 11 is 0. The van der Waals surface area contributed by atoms with Crippen LogP contribution in [0.15, 0.2) is 18.2 Å². The molecule has 1 atom stereocenters. The molecule has 1 aromatic carbocycles. The van der Waals surface area contributed by atoms with Crippen molar-refractivity contribution in [2.24, 2.45) is 5.73 Å². The molecule has 0 bridgehead atoms. The summed E-state index contributed by atoms with van der Waals surface area (Å²) in [6, 6.07) is 3.15. The summed E-state index contributed by atoms with van der Waals surface area (Å²) in [5, 5.41) is 4.82. The van der Waals surface area contributed by atoms with Gasteiger partial charge in [-0.25, -0.2) is 4.39 Å². The van der Waals surface area contributed by atoms with E-state index in [9.17, 15) is 14.0 Å². The van der Waals surface area contributed by atoms with E-state index in [4.69, 9.17) is 5.73 Å². The van der Waals surface area contributed by atoms with Crippen molar-refractivity contribution in [3.63, 3.8) is 0 Å². The van der Waals surface area contributed by atoms with Gasteiger partial charge in [0.2, 0.25) is 11.8 Å². The van der Waals surface area contributed by atoms with E-state index in [2.05, 4.69) is 10.6 Å². The molecule has 0 fully saturated rings. The highest BCUT2D eigenvalue weighted by Gasteiger charge is 2.11. The summed E-state index contributed by atoms with van der Waals surface area (Å²) in [5.41, 5.74) is 5.73. The number of nitrogens with one attached hydrogen (secondary N) is 2. The van der Waals surface area contributed by atoms with E-state index < -0.39 is 17.8 Å². The van der Waals surface area contributed by atoms with Gasteiger partial charge in [0.05, 0.1) is 11.7 Å². The van der Waals surface area contributed by atoms with Gasteiger partial charge in [0.25, 0.3) is 0 Å². The number of carbonyl (C=O) groups is 2. The Morgan fingerprint density at radius 2 is 2.00 bits per heavy atom. The number of halogens is 1. The summed E-state index contributed by atoms with van der Waals surface area (Å²) in [6.45, 7) is 2.83. The fourth-order valence-electron chi connectivity index (χ4n) is 1.15. The van der Waals surface area contributed by atoms with Gasteiger partial charge in [-0.1, -0.05) is 0 Å². The Morgan fingerprint density at radius 1 is 1.35 bits per heavy atom. The molecule has 0 heterocycles. The van der Waals surface area contributed by atoms with E-state index in [1.165, 1.54) is 26.0 Å². The van der Waals surface area contributed by atoms with Gasteiger partial charge in [-0.15, -0.1) is 0 Å². The normalized spacial score (nSPS) is 11.8. The van der Waals surface area contributed by atoms with E-state index in [-0.39, 0.29) is 11.6 Å². The van der Waals surface area contributed by atoms with Crippen LogP contribution in [-0.2, 0) is 9.59 Å². The second-order valence-corrected chi connectivity index (χ2v) is 3.65. The molecule has 5 nitrogen and oxygen atoms in total. The monoisotopic (exact) mass is 239 g/mol. The molecule has 2 amide bonds. The lowest BCUT2D eigenvalue weighted by Gasteiger charge is -2.10. The molecule has 0 aliphatic rings. The van der Waals surface area contributed by atoms with Crippen LogP contribution < -0.4 is 16.4 Å². The van der Waals surface area contributed by atoms with Crippen LogP contribution in [0.4, 0.5) is 15.8 Å². The highest BCUT2D eigenvalue weighted by Crippen LogP contribution is 2.19. The fourth-order valence-corrected chi connectivity index (χ4v) is 1.15. The van der Waals surface area contributed by atoms with Gasteiger partial charge < -0.3 is 16.4 Å². The quantitative estimate of drug-likeness (QED) is 0.737. The maximum atomic E-state index is 13.4. The summed E-state index contributed by atoms with van der Waals surface area (Å²) in [7, 11) is 0. The van der Waals surface area contributed by atoms with Crippen molar-refractivity contribution in [1.29, 1.82) is 0 Å². The first-order valence-corrected chi connectivity index (χ1v) is 5.03. The Balaban J connectivity index is 2.90. The molecule has 4 N–H and O–H groups in total. The van der Waals surface area contributed by atoms with Gasteiger partial charge in [-0.3, -0.25) is 9.59 Å². The Bertz CT molecular complexity index is 446. The Kier molecular flexibility index (Phi) is 4.17. The fraction of sp³-hybridized carbons (Fsp3) is 0.273. The number of amides is 2. The summed E-state index contributed by atoms with van der Waals surface area (Å²) in [4.78, 5) is 22.1. The van der Waals surface area contributed by atoms with Crippen molar-refractivity contribution in [2.45, 2.75) is 19.9 Å². The minimum atomic E-state index is -0.737. The van der Waals surface area contributed by atoms with Crippen molar-refractivity contribution >= 4 is 23.2 Å². The van der Waals surface area contributed by atoms with Crippen LogP contribution in [-0.4, -0.2) is 17.9 Å². The second-order valence-electron chi connectivity index (χ2n) is 3.65. The van der Waals surface area contributed by atoms with Gasteiger partial charge in [-0.05, 0) is 25.1 Å². The molecule has 0 spiro atoms. The predicted octanol–water partition coefficient (Wildman–Crippen LogP) is 1.07. The number of hydrogen-bond acceptors (Lipinski definition) is 3. The zero-order valence-electron chi connectivity index (χ0n) is 9.58. The van der Waals surface area contributed by atoms with Gasteiger partial charge >= 0.3 is 0 Å². The van der Waals surface area contributed by atoms with Crippen LogP contribution in [0.5, 0.6) is 0 Å². The van der Waals surface area contributed by atoms with Gasteiger partial charge in [0, 0.05) is 12.6 Å². The molecule has 0 aliphatic heterocycles. The number of benzene rings is 1. The third kappa shape index (κ3) is 3.84. The molecular formula is C11H14FN3O2. The lowest BCUT2D eigenvalue weighted by atomic mass is 10.2. The van der Waals surface area contributed by atoms with Crippen LogP contribution >= 0.6 is 0 Å². The number of rotatable bonds is 3. The number of anilines is 2. The first-order valence-electron chi connectivity index (χ1n) is 5.03. The van der Waals surface area contributed by atoms with Crippen LogP contribution in [0, 0.1) is 5.82 Å². The highest BCUT2D eigenvalue weighted by molar-refractivity contribution is 5.95. The average molecular weight is 239 g/mol. The SMILES string of the molecule is CC(=O)Nc1ccc(F)c(NC(=O)[C@@H](C)N)c1. The van der Waals surface area contributed by atoms with E-state index in [1.54, 1.807) is 0 Å². The number of hydrogen-bond donors (Lipinski definition) is 3. The molecule has 0 saturated carbocycles.